The van der Waals surface area contributed by atoms with Gasteiger partial charge < -0.3 is 10.2 Å². The van der Waals surface area contributed by atoms with Gasteiger partial charge in [-0.25, -0.2) is 4.68 Å². The summed E-state index contributed by atoms with van der Waals surface area (Å²) in [5.74, 6) is -0.260. The minimum atomic E-state index is -0.211. The Morgan fingerprint density at radius 2 is 2.18 bits per heavy atom. The first-order chi connectivity index (χ1) is 13.6. The molecular formula is C19H20N6O2S. The van der Waals surface area contributed by atoms with Gasteiger partial charge in [0.2, 0.25) is 5.91 Å². The number of nitrogens with one attached hydrogen (secondary N) is 1. The van der Waals surface area contributed by atoms with Crippen molar-refractivity contribution in [2.24, 2.45) is 5.92 Å². The number of amides is 2. The Hall–Kier alpha value is -3.07. The lowest BCUT2D eigenvalue weighted by molar-refractivity contribution is -0.121. The highest BCUT2D eigenvalue weighted by Crippen LogP contribution is 2.23. The number of benzene rings is 1. The first-order valence-electron chi connectivity index (χ1n) is 9.09. The standard InChI is InChI=1S/C19H20N6O2S/c1-13-10-15(6-7-16(13)25-12-20-22-23-25)21-18(26)14-4-2-8-24(11-14)19(27)17-5-3-9-28-17/h3,5-7,9-10,12,14H,2,4,8,11H2,1H3,(H,21,26). The maximum absolute atomic E-state index is 12.8. The fraction of sp³-hybridized carbons (Fsp3) is 0.316. The van der Waals surface area contributed by atoms with Crippen molar-refractivity contribution in [1.82, 2.24) is 25.1 Å². The number of piperidine rings is 1. The summed E-state index contributed by atoms with van der Waals surface area (Å²) in [5, 5.41) is 16.0. The van der Waals surface area contributed by atoms with Crippen molar-refractivity contribution < 1.29 is 9.59 Å². The van der Waals surface area contributed by atoms with E-state index in [0.717, 1.165) is 34.7 Å². The van der Waals surface area contributed by atoms with Gasteiger partial charge in [-0.3, -0.25) is 9.59 Å². The molecule has 3 aromatic rings. The molecule has 1 unspecified atom stereocenters. The van der Waals surface area contributed by atoms with Gasteiger partial charge in [-0.2, -0.15) is 0 Å². The van der Waals surface area contributed by atoms with E-state index in [9.17, 15) is 9.59 Å². The minimum Gasteiger partial charge on any atom is -0.337 e. The van der Waals surface area contributed by atoms with E-state index in [1.807, 2.05) is 42.6 Å². The molecule has 4 rings (SSSR count). The number of hydrogen-bond acceptors (Lipinski definition) is 6. The molecular weight excluding hydrogens is 376 g/mol. The summed E-state index contributed by atoms with van der Waals surface area (Å²) in [5.41, 5.74) is 2.53. The number of carbonyl (C=O) groups excluding carboxylic acids is 2. The van der Waals surface area contributed by atoms with Crippen LogP contribution in [0.5, 0.6) is 0 Å². The zero-order valence-corrected chi connectivity index (χ0v) is 16.2. The number of hydrogen-bond donors (Lipinski definition) is 1. The Bertz CT molecular complexity index is 970. The molecule has 1 fully saturated rings. The Balaban J connectivity index is 1.42. The van der Waals surface area contributed by atoms with E-state index in [1.54, 1.807) is 9.58 Å². The first kappa shape index (κ1) is 18.3. The molecule has 1 saturated heterocycles. The number of likely N-dealkylation sites (tertiary alicyclic amines) is 1. The van der Waals surface area contributed by atoms with Gasteiger partial charge >= 0.3 is 0 Å². The highest BCUT2D eigenvalue weighted by atomic mass is 32.1. The Morgan fingerprint density at radius 3 is 2.89 bits per heavy atom. The van der Waals surface area contributed by atoms with Crippen LogP contribution in [-0.4, -0.2) is 50.0 Å². The van der Waals surface area contributed by atoms with E-state index < -0.39 is 0 Å². The van der Waals surface area contributed by atoms with Gasteiger partial charge in [0.15, 0.2) is 0 Å². The van der Waals surface area contributed by atoms with Crippen LogP contribution in [0, 0.1) is 12.8 Å². The lowest BCUT2D eigenvalue weighted by atomic mass is 9.96. The predicted molar refractivity (Wildman–Crippen MR) is 105 cm³/mol. The quantitative estimate of drug-likeness (QED) is 0.731. The number of aryl methyl sites for hydroxylation is 1. The molecule has 0 bridgehead atoms. The van der Waals surface area contributed by atoms with Gasteiger partial charge in [-0.1, -0.05) is 6.07 Å². The molecule has 28 heavy (non-hydrogen) atoms. The van der Waals surface area contributed by atoms with Crippen LogP contribution in [0.2, 0.25) is 0 Å². The number of anilines is 1. The molecule has 0 saturated carbocycles. The lowest BCUT2D eigenvalue weighted by Crippen LogP contribution is -2.43. The summed E-state index contributed by atoms with van der Waals surface area (Å²) in [6.07, 6.45) is 3.13. The van der Waals surface area contributed by atoms with Crippen molar-refractivity contribution in [3.63, 3.8) is 0 Å². The molecule has 1 aromatic carbocycles. The van der Waals surface area contributed by atoms with Gasteiger partial charge in [0.1, 0.15) is 6.33 Å². The van der Waals surface area contributed by atoms with E-state index in [0.29, 0.717) is 13.1 Å². The predicted octanol–water partition coefficient (Wildman–Crippen LogP) is 2.52. The second-order valence-electron chi connectivity index (χ2n) is 6.81. The second-order valence-corrected chi connectivity index (χ2v) is 7.76. The molecule has 0 radical (unpaired) electrons. The molecule has 0 spiro atoms. The van der Waals surface area contributed by atoms with Crippen LogP contribution in [0.15, 0.2) is 42.0 Å². The van der Waals surface area contributed by atoms with Gasteiger partial charge in [-0.15, -0.1) is 16.4 Å². The maximum Gasteiger partial charge on any atom is 0.263 e. The minimum absolute atomic E-state index is 0.00846. The topological polar surface area (TPSA) is 93.0 Å². The summed E-state index contributed by atoms with van der Waals surface area (Å²) < 4.78 is 1.58. The van der Waals surface area contributed by atoms with Crippen LogP contribution < -0.4 is 5.32 Å². The van der Waals surface area contributed by atoms with Crippen LogP contribution in [0.4, 0.5) is 5.69 Å². The van der Waals surface area contributed by atoms with E-state index in [4.69, 9.17) is 0 Å². The zero-order valence-electron chi connectivity index (χ0n) is 15.4. The average molecular weight is 396 g/mol. The van der Waals surface area contributed by atoms with Crippen molar-refractivity contribution in [1.29, 1.82) is 0 Å². The number of rotatable bonds is 4. The van der Waals surface area contributed by atoms with Crippen molar-refractivity contribution >= 4 is 28.8 Å². The summed E-state index contributed by atoms with van der Waals surface area (Å²) in [6, 6.07) is 9.29. The number of carbonyl (C=O) groups is 2. The fourth-order valence-corrected chi connectivity index (χ4v) is 4.13. The molecule has 3 heterocycles. The Labute approximate surface area is 166 Å². The first-order valence-corrected chi connectivity index (χ1v) is 9.97. The van der Waals surface area contributed by atoms with E-state index in [-0.39, 0.29) is 17.7 Å². The molecule has 1 aliphatic heterocycles. The highest BCUT2D eigenvalue weighted by Gasteiger charge is 2.29. The van der Waals surface area contributed by atoms with Crippen LogP contribution in [0.25, 0.3) is 5.69 Å². The van der Waals surface area contributed by atoms with Crippen LogP contribution >= 0.6 is 11.3 Å². The van der Waals surface area contributed by atoms with Crippen molar-refractivity contribution in [2.75, 3.05) is 18.4 Å². The SMILES string of the molecule is Cc1cc(NC(=O)C2CCCN(C(=O)c3cccs3)C2)ccc1-n1cnnn1. The lowest BCUT2D eigenvalue weighted by Gasteiger charge is -2.31. The van der Waals surface area contributed by atoms with E-state index in [1.165, 1.54) is 17.7 Å². The van der Waals surface area contributed by atoms with E-state index >= 15 is 0 Å². The summed E-state index contributed by atoms with van der Waals surface area (Å²) in [4.78, 5) is 27.8. The molecule has 2 aromatic heterocycles. The maximum atomic E-state index is 12.8. The molecule has 1 aliphatic rings. The fourth-order valence-electron chi connectivity index (χ4n) is 3.44. The third-order valence-corrected chi connectivity index (χ3v) is 5.73. The number of aromatic nitrogens is 4. The number of thiophene rings is 1. The molecule has 8 nitrogen and oxygen atoms in total. The Kier molecular flexibility index (Phi) is 5.16. The highest BCUT2D eigenvalue weighted by molar-refractivity contribution is 7.12. The number of nitrogens with zero attached hydrogens (tertiary/aromatic N) is 5. The normalized spacial score (nSPS) is 16.8. The van der Waals surface area contributed by atoms with Crippen molar-refractivity contribution in [2.45, 2.75) is 19.8 Å². The van der Waals surface area contributed by atoms with Gasteiger partial charge in [-0.05, 0) is 65.4 Å². The monoisotopic (exact) mass is 396 g/mol. The van der Waals surface area contributed by atoms with Crippen molar-refractivity contribution in [3.8, 4) is 5.69 Å². The van der Waals surface area contributed by atoms with Crippen LogP contribution in [-0.2, 0) is 4.79 Å². The molecule has 144 valence electrons. The summed E-state index contributed by atoms with van der Waals surface area (Å²) in [6.45, 7) is 3.08. The molecule has 0 aliphatic carbocycles. The number of tetrazole rings is 1. The van der Waals surface area contributed by atoms with Crippen LogP contribution in [0.3, 0.4) is 0 Å². The summed E-state index contributed by atoms with van der Waals surface area (Å²) in [7, 11) is 0. The largest absolute Gasteiger partial charge is 0.337 e. The van der Waals surface area contributed by atoms with Gasteiger partial charge in [0.25, 0.3) is 5.91 Å². The van der Waals surface area contributed by atoms with Crippen molar-refractivity contribution in [3.05, 3.63) is 52.5 Å². The zero-order chi connectivity index (χ0) is 19.5. The third kappa shape index (κ3) is 3.79. The van der Waals surface area contributed by atoms with Gasteiger partial charge in [0, 0.05) is 18.8 Å². The molecule has 2 amide bonds. The summed E-state index contributed by atoms with van der Waals surface area (Å²) >= 11 is 1.43. The molecule has 9 heteroatoms. The average Bonchev–Trinajstić information content (AvgIpc) is 3.42. The van der Waals surface area contributed by atoms with Gasteiger partial charge in [0.05, 0.1) is 16.5 Å². The smallest absolute Gasteiger partial charge is 0.263 e. The molecule has 1 atom stereocenters. The third-order valence-electron chi connectivity index (χ3n) is 4.87. The Morgan fingerprint density at radius 1 is 1.29 bits per heavy atom. The second kappa shape index (κ2) is 7.89. The van der Waals surface area contributed by atoms with Crippen LogP contribution in [0.1, 0.15) is 28.1 Å². The molecule has 1 N–H and O–H groups in total. The van der Waals surface area contributed by atoms with E-state index in [2.05, 4.69) is 20.8 Å².